The van der Waals surface area contributed by atoms with Gasteiger partial charge in [-0.2, -0.15) is 0 Å². The van der Waals surface area contributed by atoms with Crippen LogP contribution in [0.1, 0.15) is 47.6 Å². The van der Waals surface area contributed by atoms with Gasteiger partial charge in [0.1, 0.15) is 15.7 Å². The van der Waals surface area contributed by atoms with Crippen LogP contribution in [0.3, 0.4) is 0 Å². The number of fused-ring (bicyclic) bond motifs is 1. The Labute approximate surface area is 182 Å². The van der Waals surface area contributed by atoms with Crippen molar-refractivity contribution in [1.29, 1.82) is 0 Å². The maximum absolute atomic E-state index is 13.1. The molecule has 3 rings (SSSR count). The Morgan fingerprint density at radius 3 is 2.57 bits per heavy atom. The fourth-order valence-electron chi connectivity index (χ4n) is 2.92. The van der Waals surface area contributed by atoms with E-state index in [0.717, 1.165) is 16.9 Å². The maximum atomic E-state index is 13.1. The van der Waals surface area contributed by atoms with Crippen LogP contribution in [-0.2, 0) is 9.53 Å². The molecule has 0 spiro atoms. The van der Waals surface area contributed by atoms with E-state index in [2.05, 4.69) is 10.3 Å². The third kappa shape index (κ3) is 4.24. The van der Waals surface area contributed by atoms with Gasteiger partial charge in [0, 0.05) is 10.7 Å². The van der Waals surface area contributed by atoms with Gasteiger partial charge in [-0.05, 0) is 57.9 Å². The van der Waals surface area contributed by atoms with Crippen LogP contribution >= 0.6 is 22.9 Å². The number of carbonyl (C=O) groups is 2. The number of carbonyl (C=O) groups excluding carboxylic acids is 2. The minimum Gasteiger partial charge on any atom is -0.459 e. The molecule has 7 nitrogen and oxygen atoms in total. The lowest BCUT2D eigenvalue weighted by molar-refractivity contribution is -0.118. The normalized spacial score (nSPS) is 12.2. The summed E-state index contributed by atoms with van der Waals surface area (Å²) < 4.78 is 6.50. The quantitative estimate of drug-likeness (QED) is 0.582. The van der Waals surface area contributed by atoms with Gasteiger partial charge in [0.05, 0.1) is 17.8 Å². The second kappa shape index (κ2) is 8.57. The highest BCUT2D eigenvalue weighted by Crippen LogP contribution is 2.28. The van der Waals surface area contributed by atoms with Crippen molar-refractivity contribution in [3.8, 4) is 0 Å². The number of nitrogens with zero attached hydrogens (tertiary/aromatic N) is 2. The molecule has 1 atom stereocenters. The fraction of sp³-hybridized carbons (Fsp3) is 0.333. The molecule has 0 fully saturated rings. The number of nitrogens with one attached hydrogen (secondary N) is 1. The van der Waals surface area contributed by atoms with E-state index in [-0.39, 0.29) is 17.6 Å². The first kappa shape index (κ1) is 22.0. The molecule has 158 valence electrons. The molecule has 3 aromatic rings. The zero-order valence-corrected chi connectivity index (χ0v) is 18.9. The zero-order valence-electron chi connectivity index (χ0n) is 17.3. The molecule has 2 aromatic heterocycles. The lowest BCUT2D eigenvalue weighted by Gasteiger charge is -2.15. The second-order valence-electron chi connectivity index (χ2n) is 7.28. The summed E-state index contributed by atoms with van der Waals surface area (Å²) in [7, 11) is 0. The molecule has 0 radical (unpaired) electrons. The molecule has 2 heterocycles. The van der Waals surface area contributed by atoms with Gasteiger partial charge in [0.2, 0.25) is 5.91 Å². The number of hydrogen-bond acceptors (Lipinski definition) is 6. The Hall–Kier alpha value is -2.71. The minimum atomic E-state index is -0.820. The molecule has 0 saturated heterocycles. The number of anilines is 1. The number of thiophene rings is 1. The van der Waals surface area contributed by atoms with E-state index in [4.69, 9.17) is 16.3 Å². The summed E-state index contributed by atoms with van der Waals surface area (Å²) in [6, 6.07) is 4.38. The third-order valence-corrected chi connectivity index (χ3v) is 6.23. The smallest absolute Gasteiger partial charge is 0.348 e. The Bertz CT molecular complexity index is 1200. The summed E-state index contributed by atoms with van der Waals surface area (Å²) in [6.45, 7) is 8.67. The van der Waals surface area contributed by atoms with Crippen molar-refractivity contribution in [2.24, 2.45) is 0 Å². The first-order valence-corrected chi connectivity index (χ1v) is 10.6. The highest BCUT2D eigenvalue weighted by Gasteiger charge is 2.24. The number of ether oxygens (including phenoxy) is 1. The summed E-state index contributed by atoms with van der Waals surface area (Å²) in [5.41, 5.74) is 1.55. The molecule has 0 aliphatic rings. The van der Waals surface area contributed by atoms with Gasteiger partial charge in [-0.15, -0.1) is 11.3 Å². The Morgan fingerprint density at radius 2 is 1.93 bits per heavy atom. The van der Waals surface area contributed by atoms with Crippen molar-refractivity contribution < 1.29 is 14.3 Å². The SMILES string of the molecule is Cc1ccc(NC(=O)C(C)n2cnc3sc(C(=O)OC(C)C)c(C)c3c2=O)cc1Cl. The van der Waals surface area contributed by atoms with Gasteiger partial charge >= 0.3 is 5.97 Å². The molecule has 0 bridgehead atoms. The van der Waals surface area contributed by atoms with Crippen LogP contribution in [0.5, 0.6) is 0 Å². The van der Waals surface area contributed by atoms with Crippen molar-refractivity contribution in [2.45, 2.75) is 46.8 Å². The molecular weight excluding hydrogens is 426 g/mol. The molecule has 1 amide bonds. The predicted molar refractivity (Wildman–Crippen MR) is 119 cm³/mol. The average Bonchev–Trinajstić information content (AvgIpc) is 3.01. The van der Waals surface area contributed by atoms with Crippen LogP contribution in [0.25, 0.3) is 10.2 Å². The van der Waals surface area contributed by atoms with E-state index in [1.807, 2.05) is 6.92 Å². The molecule has 0 aliphatic carbocycles. The van der Waals surface area contributed by atoms with E-state index in [0.29, 0.717) is 31.4 Å². The largest absolute Gasteiger partial charge is 0.459 e. The van der Waals surface area contributed by atoms with Gasteiger partial charge in [-0.25, -0.2) is 9.78 Å². The Kier molecular flexibility index (Phi) is 6.28. The van der Waals surface area contributed by atoms with Gasteiger partial charge in [0.25, 0.3) is 5.56 Å². The third-order valence-electron chi connectivity index (χ3n) is 4.64. The Morgan fingerprint density at radius 1 is 1.23 bits per heavy atom. The summed E-state index contributed by atoms with van der Waals surface area (Å²) in [6.07, 6.45) is 1.05. The van der Waals surface area contributed by atoms with Crippen LogP contribution in [0.4, 0.5) is 5.69 Å². The van der Waals surface area contributed by atoms with Crippen molar-refractivity contribution in [3.63, 3.8) is 0 Å². The molecule has 30 heavy (non-hydrogen) atoms. The average molecular weight is 448 g/mol. The number of rotatable bonds is 5. The first-order chi connectivity index (χ1) is 14.1. The standard InChI is InChI=1S/C21H22ClN3O4S/c1-10(2)29-21(28)17-12(4)16-19(30-17)23-9-25(20(16)27)13(5)18(26)24-14-7-6-11(3)15(22)8-14/h6-10,13H,1-5H3,(H,24,26). The van der Waals surface area contributed by atoms with Crippen LogP contribution in [-0.4, -0.2) is 27.5 Å². The number of esters is 1. The maximum Gasteiger partial charge on any atom is 0.348 e. The van der Waals surface area contributed by atoms with Crippen LogP contribution in [0, 0.1) is 13.8 Å². The van der Waals surface area contributed by atoms with E-state index in [9.17, 15) is 14.4 Å². The number of aryl methyl sites for hydroxylation is 2. The van der Waals surface area contributed by atoms with E-state index in [1.54, 1.807) is 45.9 Å². The molecule has 0 aliphatic heterocycles. The van der Waals surface area contributed by atoms with Crippen LogP contribution in [0.2, 0.25) is 5.02 Å². The summed E-state index contributed by atoms with van der Waals surface area (Å²) >= 11 is 7.22. The highest BCUT2D eigenvalue weighted by atomic mass is 35.5. The lowest BCUT2D eigenvalue weighted by atomic mass is 10.2. The molecule has 1 N–H and O–H groups in total. The van der Waals surface area contributed by atoms with Crippen molar-refractivity contribution in [2.75, 3.05) is 5.32 Å². The number of halogens is 1. The van der Waals surface area contributed by atoms with Gasteiger partial charge in [-0.3, -0.25) is 14.2 Å². The van der Waals surface area contributed by atoms with Gasteiger partial charge in [0.15, 0.2) is 0 Å². The van der Waals surface area contributed by atoms with E-state index in [1.165, 1.54) is 10.9 Å². The molecule has 9 heteroatoms. The number of benzene rings is 1. The monoisotopic (exact) mass is 447 g/mol. The van der Waals surface area contributed by atoms with Crippen LogP contribution < -0.4 is 10.9 Å². The predicted octanol–water partition coefficient (Wildman–Crippen LogP) is 4.49. The topological polar surface area (TPSA) is 90.3 Å². The number of hydrogen-bond donors (Lipinski definition) is 1. The van der Waals surface area contributed by atoms with Gasteiger partial charge < -0.3 is 10.1 Å². The van der Waals surface area contributed by atoms with Crippen molar-refractivity contribution >= 4 is 50.7 Å². The first-order valence-electron chi connectivity index (χ1n) is 9.38. The molecule has 0 saturated carbocycles. The van der Waals surface area contributed by atoms with Gasteiger partial charge in [-0.1, -0.05) is 17.7 Å². The molecule has 1 aromatic carbocycles. The lowest BCUT2D eigenvalue weighted by Crippen LogP contribution is -2.31. The molecular formula is C21H22ClN3O4S. The summed E-state index contributed by atoms with van der Waals surface area (Å²) in [5.74, 6) is -0.871. The molecule has 1 unspecified atom stereocenters. The van der Waals surface area contributed by atoms with Crippen molar-refractivity contribution in [3.05, 3.63) is 55.9 Å². The summed E-state index contributed by atoms with van der Waals surface area (Å²) in [5, 5.41) is 3.61. The van der Waals surface area contributed by atoms with E-state index >= 15 is 0 Å². The summed E-state index contributed by atoms with van der Waals surface area (Å²) in [4.78, 5) is 43.2. The fourth-order valence-corrected chi connectivity index (χ4v) is 4.12. The van der Waals surface area contributed by atoms with Crippen LogP contribution in [0.15, 0.2) is 29.3 Å². The second-order valence-corrected chi connectivity index (χ2v) is 8.68. The zero-order chi connectivity index (χ0) is 22.2. The highest BCUT2D eigenvalue weighted by molar-refractivity contribution is 7.20. The number of aromatic nitrogens is 2. The Balaban J connectivity index is 1.93. The van der Waals surface area contributed by atoms with E-state index < -0.39 is 12.0 Å². The van der Waals surface area contributed by atoms with Crippen molar-refractivity contribution in [1.82, 2.24) is 9.55 Å². The number of amides is 1. The minimum absolute atomic E-state index is 0.272.